The summed E-state index contributed by atoms with van der Waals surface area (Å²) in [4.78, 5) is 34.0. The van der Waals surface area contributed by atoms with Gasteiger partial charge < -0.3 is 15.4 Å². The molecule has 136 valence electrons. The average Bonchev–Trinajstić information content (AvgIpc) is 2.60. The van der Waals surface area contributed by atoms with E-state index in [1.54, 1.807) is 31.2 Å². The number of nitro groups is 1. The molecule has 2 N–H and O–H groups in total. The molecule has 0 spiro atoms. The SMILES string of the molecule is Cc1ccc([N+](=O)[O-])c(OCC(=O)NCC(=O)Nc2ccccc2Br)c1. The van der Waals surface area contributed by atoms with Crippen LogP contribution in [-0.4, -0.2) is 29.9 Å². The van der Waals surface area contributed by atoms with E-state index in [0.717, 1.165) is 10.0 Å². The summed E-state index contributed by atoms with van der Waals surface area (Å²) in [5, 5.41) is 16.0. The van der Waals surface area contributed by atoms with E-state index in [9.17, 15) is 19.7 Å². The third kappa shape index (κ3) is 5.55. The van der Waals surface area contributed by atoms with E-state index < -0.39 is 23.3 Å². The molecule has 0 radical (unpaired) electrons. The van der Waals surface area contributed by atoms with Crippen LogP contribution in [0.1, 0.15) is 5.56 Å². The lowest BCUT2D eigenvalue weighted by Crippen LogP contribution is -2.35. The molecule has 0 aliphatic rings. The van der Waals surface area contributed by atoms with Gasteiger partial charge in [0.25, 0.3) is 5.91 Å². The Morgan fingerprint density at radius 1 is 1.19 bits per heavy atom. The van der Waals surface area contributed by atoms with Crippen LogP contribution in [0.5, 0.6) is 5.75 Å². The molecule has 26 heavy (non-hydrogen) atoms. The zero-order chi connectivity index (χ0) is 19.1. The van der Waals surface area contributed by atoms with Crippen molar-refractivity contribution < 1.29 is 19.2 Å². The number of hydrogen-bond donors (Lipinski definition) is 2. The normalized spacial score (nSPS) is 10.1. The van der Waals surface area contributed by atoms with E-state index in [4.69, 9.17) is 4.74 Å². The van der Waals surface area contributed by atoms with Gasteiger partial charge in [0.05, 0.1) is 17.2 Å². The molecule has 0 heterocycles. The molecular formula is C17H16BrN3O5. The second kappa shape index (κ2) is 8.95. The standard InChI is InChI=1S/C17H16BrN3O5/c1-11-6-7-14(21(24)25)15(8-11)26-10-17(23)19-9-16(22)20-13-5-3-2-4-12(13)18/h2-8H,9-10H2,1H3,(H,19,23)(H,20,22). The Bertz CT molecular complexity index is 841. The van der Waals surface area contributed by atoms with Crippen molar-refractivity contribution in [2.45, 2.75) is 6.92 Å². The minimum atomic E-state index is -0.585. The van der Waals surface area contributed by atoms with E-state index in [0.29, 0.717) is 5.69 Å². The molecular weight excluding hydrogens is 406 g/mol. The molecule has 0 unspecified atom stereocenters. The highest BCUT2D eigenvalue weighted by molar-refractivity contribution is 9.10. The number of rotatable bonds is 7. The zero-order valence-electron chi connectivity index (χ0n) is 13.8. The molecule has 0 aliphatic heterocycles. The number of aryl methyl sites for hydroxylation is 1. The van der Waals surface area contributed by atoms with Gasteiger partial charge >= 0.3 is 5.69 Å². The first-order valence-electron chi connectivity index (χ1n) is 7.55. The van der Waals surface area contributed by atoms with Gasteiger partial charge in [-0.1, -0.05) is 18.2 Å². The van der Waals surface area contributed by atoms with Crippen LogP contribution >= 0.6 is 15.9 Å². The molecule has 0 aliphatic carbocycles. The maximum absolute atomic E-state index is 11.9. The van der Waals surface area contributed by atoms with Crippen molar-refractivity contribution in [2.75, 3.05) is 18.5 Å². The highest BCUT2D eigenvalue weighted by atomic mass is 79.9. The quantitative estimate of drug-likeness (QED) is 0.527. The van der Waals surface area contributed by atoms with Gasteiger partial charge in [-0.25, -0.2) is 0 Å². The maximum atomic E-state index is 11.9. The van der Waals surface area contributed by atoms with Crippen LogP contribution in [0.25, 0.3) is 0 Å². The Morgan fingerprint density at radius 3 is 2.62 bits per heavy atom. The Kier molecular flexibility index (Phi) is 6.67. The first-order chi connectivity index (χ1) is 12.4. The number of ether oxygens (including phenoxy) is 1. The molecule has 9 heteroatoms. The summed E-state index contributed by atoms with van der Waals surface area (Å²) in [6, 6.07) is 11.4. The number of carbonyl (C=O) groups is 2. The smallest absolute Gasteiger partial charge is 0.310 e. The van der Waals surface area contributed by atoms with Gasteiger partial charge in [-0.2, -0.15) is 0 Å². The molecule has 0 fully saturated rings. The van der Waals surface area contributed by atoms with Crippen molar-refractivity contribution in [1.82, 2.24) is 5.32 Å². The predicted octanol–water partition coefficient (Wildman–Crippen LogP) is 2.80. The van der Waals surface area contributed by atoms with Gasteiger partial charge in [0.2, 0.25) is 5.91 Å². The Balaban J connectivity index is 1.84. The number of nitrogens with one attached hydrogen (secondary N) is 2. The van der Waals surface area contributed by atoms with E-state index in [-0.39, 0.29) is 18.0 Å². The van der Waals surface area contributed by atoms with Crippen LogP contribution in [0.3, 0.4) is 0 Å². The lowest BCUT2D eigenvalue weighted by atomic mass is 10.2. The van der Waals surface area contributed by atoms with Crippen molar-refractivity contribution in [1.29, 1.82) is 0 Å². The number of para-hydroxylation sites is 1. The molecule has 0 aromatic heterocycles. The number of hydrogen-bond acceptors (Lipinski definition) is 5. The molecule has 2 rings (SSSR count). The van der Waals surface area contributed by atoms with Gasteiger partial charge in [-0.05, 0) is 46.6 Å². The summed E-state index contributed by atoms with van der Waals surface area (Å²) >= 11 is 3.30. The second-order valence-electron chi connectivity index (χ2n) is 5.32. The number of amides is 2. The predicted molar refractivity (Wildman–Crippen MR) is 99.1 cm³/mol. The second-order valence-corrected chi connectivity index (χ2v) is 6.18. The lowest BCUT2D eigenvalue weighted by Gasteiger charge is -2.09. The summed E-state index contributed by atoms with van der Waals surface area (Å²) < 4.78 is 5.94. The number of nitrogens with zero attached hydrogens (tertiary/aromatic N) is 1. The highest BCUT2D eigenvalue weighted by Gasteiger charge is 2.16. The highest BCUT2D eigenvalue weighted by Crippen LogP contribution is 2.27. The fourth-order valence-electron chi connectivity index (χ4n) is 2.02. The fraction of sp³-hybridized carbons (Fsp3) is 0.176. The lowest BCUT2D eigenvalue weighted by molar-refractivity contribution is -0.385. The fourth-order valence-corrected chi connectivity index (χ4v) is 2.40. The molecule has 2 amide bonds. The van der Waals surface area contributed by atoms with Crippen LogP contribution < -0.4 is 15.4 Å². The maximum Gasteiger partial charge on any atom is 0.310 e. The van der Waals surface area contributed by atoms with Crippen molar-refractivity contribution in [3.05, 3.63) is 62.6 Å². The van der Waals surface area contributed by atoms with Crippen LogP contribution in [-0.2, 0) is 9.59 Å². The monoisotopic (exact) mass is 421 g/mol. The molecule has 8 nitrogen and oxygen atoms in total. The Labute approximate surface area is 157 Å². The number of benzene rings is 2. The van der Waals surface area contributed by atoms with E-state index in [1.165, 1.54) is 12.1 Å². The van der Waals surface area contributed by atoms with Gasteiger partial charge in [0.1, 0.15) is 0 Å². The van der Waals surface area contributed by atoms with Crippen LogP contribution in [0.2, 0.25) is 0 Å². The summed E-state index contributed by atoms with van der Waals surface area (Å²) in [5.41, 5.74) is 1.12. The zero-order valence-corrected chi connectivity index (χ0v) is 15.4. The Hall–Kier alpha value is -2.94. The van der Waals surface area contributed by atoms with Crippen LogP contribution in [0.15, 0.2) is 46.9 Å². The topological polar surface area (TPSA) is 111 Å². The van der Waals surface area contributed by atoms with Crippen LogP contribution in [0.4, 0.5) is 11.4 Å². The summed E-state index contributed by atoms with van der Waals surface area (Å²) in [6.07, 6.45) is 0. The molecule has 2 aromatic carbocycles. The van der Waals surface area contributed by atoms with Gasteiger partial charge in [0, 0.05) is 10.5 Å². The summed E-state index contributed by atoms with van der Waals surface area (Å²) in [6.45, 7) is 1.06. The van der Waals surface area contributed by atoms with Crippen LogP contribution in [0, 0.1) is 17.0 Å². The van der Waals surface area contributed by atoms with E-state index in [2.05, 4.69) is 26.6 Å². The number of halogens is 1. The minimum Gasteiger partial charge on any atom is -0.477 e. The number of nitro benzene ring substituents is 1. The molecule has 0 atom stereocenters. The van der Waals surface area contributed by atoms with Crippen molar-refractivity contribution in [2.24, 2.45) is 0 Å². The summed E-state index contributed by atoms with van der Waals surface area (Å²) in [7, 11) is 0. The average molecular weight is 422 g/mol. The number of anilines is 1. The van der Waals surface area contributed by atoms with Gasteiger partial charge in [-0.15, -0.1) is 0 Å². The first kappa shape index (κ1) is 19.4. The first-order valence-corrected chi connectivity index (χ1v) is 8.35. The van der Waals surface area contributed by atoms with Crippen molar-refractivity contribution in [3.63, 3.8) is 0 Å². The van der Waals surface area contributed by atoms with E-state index in [1.807, 2.05) is 6.07 Å². The molecule has 0 saturated heterocycles. The third-order valence-corrected chi connectivity index (χ3v) is 3.96. The van der Waals surface area contributed by atoms with Crippen molar-refractivity contribution in [3.8, 4) is 5.75 Å². The third-order valence-electron chi connectivity index (χ3n) is 3.26. The Morgan fingerprint density at radius 2 is 1.92 bits per heavy atom. The van der Waals surface area contributed by atoms with Gasteiger partial charge in [-0.3, -0.25) is 19.7 Å². The minimum absolute atomic E-state index is 0.00261. The van der Waals surface area contributed by atoms with Crippen molar-refractivity contribution >= 4 is 39.1 Å². The van der Waals surface area contributed by atoms with E-state index >= 15 is 0 Å². The molecule has 0 saturated carbocycles. The molecule has 0 bridgehead atoms. The molecule has 2 aromatic rings. The summed E-state index contributed by atoms with van der Waals surface area (Å²) in [5.74, 6) is -0.974. The largest absolute Gasteiger partial charge is 0.477 e. The van der Waals surface area contributed by atoms with Gasteiger partial charge in [0.15, 0.2) is 12.4 Å². The number of carbonyl (C=O) groups excluding carboxylic acids is 2.